The van der Waals surface area contributed by atoms with E-state index in [4.69, 9.17) is 0 Å². The van der Waals surface area contributed by atoms with Gasteiger partial charge in [-0.25, -0.2) is 18.3 Å². The number of carbonyl (C=O) groups is 2. The van der Waals surface area contributed by atoms with Crippen molar-refractivity contribution in [1.29, 1.82) is 0 Å². The molecule has 10 nitrogen and oxygen atoms in total. The van der Waals surface area contributed by atoms with Crippen LogP contribution < -0.4 is 21.9 Å². The number of hydrogen-bond donors (Lipinski definition) is 2. The summed E-state index contributed by atoms with van der Waals surface area (Å²) in [6.07, 6.45) is 0.742. The molecule has 0 bridgehead atoms. The number of rotatable bonds is 7. The maximum atomic E-state index is 13.9. The number of hydrogen-bond acceptors (Lipinski definition) is 5. The largest absolute Gasteiger partial charge is 0.352 e. The molecular formula is C26H29FN6O4. The summed E-state index contributed by atoms with van der Waals surface area (Å²) < 4.78 is 17.4. The summed E-state index contributed by atoms with van der Waals surface area (Å²) in [6.45, 7) is 8.53. The van der Waals surface area contributed by atoms with Crippen molar-refractivity contribution in [3.63, 3.8) is 0 Å². The average Bonchev–Trinajstić information content (AvgIpc) is 3.16. The zero-order valence-electron chi connectivity index (χ0n) is 21.3. The molecule has 0 aliphatic rings. The molecule has 1 atom stereocenters. The van der Waals surface area contributed by atoms with Gasteiger partial charge < -0.3 is 10.6 Å². The Morgan fingerprint density at radius 2 is 1.81 bits per heavy atom. The first kappa shape index (κ1) is 25.8. The molecule has 0 saturated carbocycles. The minimum absolute atomic E-state index is 0.0474. The molecule has 0 fully saturated rings. The van der Waals surface area contributed by atoms with Crippen molar-refractivity contribution in [3.05, 3.63) is 74.2 Å². The van der Waals surface area contributed by atoms with Crippen LogP contribution in [-0.2, 0) is 11.3 Å². The van der Waals surface area contributed by atoms with Crippen LogP contribution in [-0.4, -0.2) is 36.6 Å². The van der Waals surface area contributed by atoms with E-state index in [9.17, 15) is 23.6 Å². The number of nitrogens with one attached hydrogen (secondary N) is 2. The maximum absolute atomic E-state index is 13.9. The zero-order chi connectivity index (χ0) is 27.0. The molecule has 2 heterocycles. The second-order valence-corrected chi connectivity index (χ2v) is 9.37. The van der Waals surface area contributed by atoms with Gasteiger partial charge in [0.2, 0.25) is 11.7 Å². The average molecular weight is 509 g/mol. The summed E-state index contributed by atoms with van der Waals surface area (Å²) in [5.41, 5.74) is 0.152. The van der Waals surface area contributed by atoms with Gasteiger partial charge in [0.1, 0.15) is 12.4 Å². The molecule has 1 unspecified atom stereocenters. The highest BCUT2D eigenvalue weighted by molar-refractivity contribution is 5.98. The SMILES string of the molecule is CCC(C)NC(=O)c1ccc2c(=O)n(C(C)C)c3nn(CC(=O)Nc4ccc(C)c(F)c4)c(=O)n3c2c1. The number of anilines is 1. The van der Waals surface area contributed by atoms with Gasteiger partial charge in [0, 0.05) is 23.3 Å². The Morgan fingerprint density at radius 1 is 1.08 bits per heavy atom. The van der Waals surface area contributed by atoms with Gasteiger partial charge in [0.05, 0.1) is 10.9 Å². The van der Waals surface area contributed by atoms with Gasteiger partial charge in [-0.1, -0.05) is 13.0 Å². The lowest BCUT2D eigenvalue weighted by atomic mass is 10.1. The molecule has 37 heavy (non-hydrogen) atoms. The number of benzene rings is 2. The Bertz CT molecular complexity index is 1650. The van der Waals surface area contributed by atoms with Crippen LogP contribution in [0.1, 0.15) is 56.1 Å². The van der Waals surface area contributed by atoms with Gasteiger partial charge in [-0.2, -0.15) is 0 Å². The number of amides is 2. The number of aryl methyl sites for hydroxylation is 1. The summed E-state index contributed by atoms with van der Waals surface area (Å²) >= 11 is 0. The molecule has 11 heteroatoms. The van der Waals surface area contributed by atoms with Crippen molar-refractivity contribution in [2.24, 2.45) is 0 Å². The predicted octanol–water partition coefficient (Wildman–Crippen LogP) is 3.01. The van der Waals surface area contributed by atoms with E-state index >= 15 is 0 Å². The normalized spacial score (nSPS) is 12.3. The van der Waals surface area contributed by atoms with E-state index in [0.717, 1.165) is 11.1 Å². The molecule has 4 aromatic rings. The van der Waals surface area contributed by atoms with Crippen molar-refractivity contribution in [3.8, 4) is 0 Å². The topological polar surface area (TPSA) is 120 Å². The van der Waals surface area contributed by atoms with Crippen LogP contribution in [0.4, 0.5) is 10.1 Å². The van der Waals surface area contributed by atoms with Crippen molar-refractivity contribution >= 4 is 34.2 Å². The van der Waals surface area contributed by atoms with E-state index in [1.54, 1.807) is 32.9 Å². The Kier molecular flexibility index (Phi) is 6.97. The van der Waals surface area contributed by atoms with Crippen LogP contribution in [0, 0.1) is 12.7 Å². The summed E-state index contributed by atoms with van der Waals surface area (Å²) in [4.78, 5) is 52.1. The highest BCUT2D eigenvalue weighted by Gasteiger charge is 2.21. The quantitative estimate of drug-likeness (QED) is 0.398. The first-order valence-electron chi connectivity index (χ1n) is 12.1. The highest BCUT2D eigenvalue weighted by Crippen LogP contribution is 2.17. The minimum Gasteiger partial charge on any atom is -0.350 e. The smallest absolute Gasteiger partial charge is 0.350 e. The van der Waals surface area contributed by atoms with Crippen LogP contribution >= 0.6 is 0 Å². The van der Waals surface area contributed by atoms with E-state index in [0.29, 0.717) is 5.56 Å². The number of fused-ring (bicyclic) bond motifs is 3. The van der Waals surface area contributed by atoms with Crippen molar-refractivity contribution in [1.82, 2.24) is 24.1 Å². The summed E-state index contributed by atoms with van der Waals surface area (Å²) in [6, 6.07) is 8.43. The summed E-state index contributed by atoms with van der Waals surface area (Å²) in [7, 11) is 0. The molecule has 2 aromatic carbocycles. The van der Waals surface area contributed by atoms with E-state index in [2.05, 4.69) is 15.7 Å². The third kappa shape index (κ3) is 4.89. The molecule has 4 rings (SSSR count). The number of halogens is 1. The second-order valence-electron chi connectivity index (χ2n) is 9.37. The Hall–Kier alpha value is -4.28. The highest BCUT2D eigenvalue weighted by atomic mass is 19.1. The molecule has 194 valence electrons. The number of aromatic nitrogens is 4. The molecule has 2 aromatic heterocycles. The molecule has 0 aliphatic heterocycles. The van der Waals surface area contributed by atoms with E-state index in [-0.39, 0.29) is 51.5 Å². The summed E-state index contributed by atoms with van der Waals surface area (Å²) in [5.74, 6) is -1.35. The van der Waals surface area contributed by atoms with Crippen LogP contribution in [0.25, 0.3) is 16.7 Å². The van der Waals surface area contributed by atoms with E-state index in [1.165, 1.54) is 33.2 Å². The Morgan fingerprint density at radius 3 is 2.46 bits per heavy atom. The van der Waals surface area contributed by atoms with Crippen molar-refractivity contribution in [2.45, 2.75) is 59.7 Å². The molecule has 2 N–H and O–H groups in total. The molecular weight excluding hydrogens is 479 g/mol. The monoisotopic (exact) mass is 508 g/mol. The lowest BCUT2D eigenvalue weighted by Crippen LogP contribution is -2.32. The fraction of sp³-hybridized carbons (Fsp3) is 0.346. The lowest BCUT2D eigenvalue weighted by Gasteiger charge is -2.14. The van der Waals surface area contributed by atoms with E-state index < -0.39 is 24.0 Å². The van der Waals surface area contributed by atoms with Crippen molar-refractivity contribution < 1.29 is 14.0 Å². The standard InChI is InChI=1S/C26H29FN6O4/c1-6-16(5)28-23(35)17-8-10-19-21(11-17)33-25(32(14(2)3)24(19)36)30-31(26(33)37)13-22(34)29-18-9-7-15(4)20(27)12-18/h7-12,14,16H,6,13H2,1-5H3,(H,28,35)(H,29,34). The third-order valence-electron chi connectivity index (χ3n) is 6.24. The Labute approximate surface area is 211 Å². The van der Waals surface area contributed by atoms with Crippen LogP contribution in [0.3, 0.4) is 0 Å². The van der Waals surface area contributed by atoms with Gasteiger partial charge in [-0.05, 0) is 70.0 Å². The predicted molar refractivity (Wildman–Crippen MR) is 139 cm³/mol. The van der Waals surface area contributed by atoms with E-state index in [1.807, 2.05) is 13.8 Å². The number of nitrogens with zero attached hydrogens (tertiary/aromatic N) is 4. The van der Waals surface area contributed by atoms with Gasteiger partial charge in [0.25, 0.3) is 11.5 Å². The molecule has 0 saturated heterocycles. The van der Waals surface area contributed by atoms with Crippen LogP contribution in [0.15, 0.2) is 46.0 Å². The maximum Gasteiger partial charge on any atom is 0.352 e. The first-order chi connectivity index (χ1) is 17.5. The van der Waals surface area contributed by atoms with Gasteiger partial charge in [0.15, 0.2) is 0 Å². The number of carbonyl (C=O) groups excluding carboxylic acids is 2. The third-order valence-corrected chi connectivity index (χ3v) is 6.24. The summed E-state index contributed by atoms with van der Waals surface area (Å²) in [5, 5.41) is 9.95. The minimum atomic E-state index is -0.654. The lowest BCUT2D eigenvalue weighted by molar-refractivity contribution is -0.117. The van der Waals surface area contributed by atoms with Crippen molar-refractivity contribution in [2.75, 3.05) is 5.32 Å². The first-order valence-corrected chi connectivity index (χ1v) is 12.1. The zero-order valence-corrected chi connectivity index (χ0v) is 21.3. The van der Waals surface area contributed by atoms with Gasteiger partial charge in [-0.3, -0.25) is 19.0 Å². The van der Waals surface area contributed by atoms with Crippen LogP contribution in [0.2, 0.25) is 0 Å². The fourth-order valence-electron chi connectivity index (χ4n) is 4.01. The fourth-order valence-corrected chi connectivity index (χ4v) is 4.01. The van der Waals surface area contributed by atoms with Gasteiger partial charge >= 0.3 is 5.69 Å². The Balaban J connectivity index is 1.82. The second kappa shape index (κ2) is 10.00. The molecule has 0 spiro atoms. The molecule has 2 amide bonds. The molecule has 0 radical (unpaired) electrons. The van der Waals surface area contributed by atoms with Gasteiger partial charge in [-0.15, -0.1) is 5.10 Å². The molecule has 0 aliphatic carbocycles. The van der Waals surface area contributed by atoms with Crippen LogP contribution in [0.5, 0.6) is 0 Å².